The minimum atomic E-state index is -1.10. The van der Waals surface area contributed by atoms with Gasteiger partial charge in [-0.2, -0.15) is 0 Å². The number of carbonyl (C=O) groups is 3. The van der Waals surface area contributed by atoms with E-state index in [-0.39, 0.29) is 41.9 Å². The van der Waals surface area contributed by atoms with Crippen LogP contribution in [-0.4, -0.2) is 52.4 Å². The molecule has 1 aromatic carbocycles. The van der Waals surface area contributed by atoms with Crippen molar-refractivity contribution < 1.29 is 19.1 Å². The van der Waals surface area contributed by atoms with Crippen LogP contribution in [0.3, 0.4) is 0 Å². The van der Waals surface area contributed by atoms with Gasteiger partial charge in [0.1, 0.15) is 12.3 Å². The lowest BCUT2D eigenvalue weighted by molar-refractivity contribution is -0.139. The van der Waals surface area contributed by atoms with Gasteiger partial charge in [-0.25, -0.2) is 0 Å². The molecule has 2 aliphatic heterocycles. The number of ether oxygens (including phenoxy) is 1. The zero-order valence-corrected chi connectivity index (χ0v) is 20.4. The first-order valence-corrected chi connectivity index (χ1v) is 11.6. The molecular weight excluding hydrogens is 406 g/mol. The predicted octanol–water partition coefficient (Wildman–Crippen LogP) is 3.90. The summed E-state index contributed by atoms with van der Waals surface area (Å²) in [6.45, 7) is 13.4. The van der Waals surface area contributed by atoms with Gasteiger partial charge in [-0.3, -0.25) is 19.3 Å². The largest absolute Gasteiger partial charge is 0.476 e. The Morgan fingerprint density at radius 3 is 2.41 bits per heavy atom. The lowest BCUT2D eigenvalue weighted by Gasteiger charge is -2.42. The van der Waals surface area contributed by atoms with Crippen molar-refractivity contribution in [3.63, 3.8) is 0 Å². The molecule has 2 heterocycles. The fraction of sp³-hybridized carbons (Fsp3) is 0.640. The van der Waals surface area contributed by atoms with Crippen molar-refractivity contribution in [2.75, 3.05) is 11.4 Å². The molecule has 0 bridgehead atoms. The Morgan fingerprint density at radius 1 is 1.19 bits per heavy atom. The molecule has 32 heavy (non-hydrogen) atoms. The summed E-state index contributed by atoms with van der Waals surface area (Å²) in [6, 6.07) is 5.34. The smallest absolute Gasteiger partial charge is 0.271 e. The second-order valence-electron chi connectivity index (χ2n) is 10.3. The van der Waals surface area contributed by atoms with E-state index in [2.05, 4.69) is 19.2 Å². The fourth-order valence-electron chi connectivity index (χ4n) is 4.46. The summed E-state index contributed by atoms with van der Waals surface area (Å²) in [7, 11) is 0. The molecule has 1 aromatic rings. The van der Waals surface area contributed by atoms with Gasteiger partial charge in [0.25, 0.3) is 11.8 Å². The predicted molar refractivity (Wildman–Crippen MR) is 125 cm³/mol. The summed E-state index contributed by atoms with van der Waals surface area (Å²) in [4.78, 5) is 42.8. The molecule has 0 radical (unpaired) electrons. The summed E-state index contributed by atoms with van der Waals surface area (Å²) in [5.74, 6) is -0.0966. The maximum absolute atomic E-state index is 13.3. The van der Waals surface area contributed by atoms with Crippen LogP contribution in [-0.2, 0) is 9.59 Å². The van der Waals surface area contributed by atoms with Crippen LogP contribution in [0, 0.1) is 0 Å². The number of piperidine rings is 1. The van der Waals surface area contributed by atoms with Gasteiger partial charge in [-0.1, -0.05) is 6.92 Å². The SMILES string of the molecule is CCC(C)(C)NC(=O)c1ccc2c(c1)N(CC(=O)N1[C@H](C)CCC[C@@H]1C)C(=O)C(C)(C)O2. The zero-order chi connectivity index (χ0) is 23.8. The monoisotopic (exact) mass is 443 g/mol. The quantitative estimate of drug-likeness (QED) is 0.749. The Kier molecular flexibility index (Phi) is 6.59. The molecule has 2 aliphatic rings. The summed E-state index contributed by atoms with van der Waals surface area (Å²) in [5.41, 5.74) is -0.557. The van der Waals surface area contributed by atoms with E-state index in [1.54, 1.807) is 32.0 Å². The maximum atomic E-state index is 13.3. The Labute approximate surface area is 191 Å². The van der Waals surface area contributed by atoms with Gasteiger partial charge < -0.3 is 15.0 Å². The minimum Gasteiger partial charge on any atom is -0.476 e. The van der Waals surface area contributed by atoms with Crippen molar-refractivity contribution in [3.8, 4) is 5.75 Å². The molecular formula is C25H37N3O4. The molecule has 0 saturated carbocycles. The summed E-state index contributed by atoms with van der Waals surface area (Å²) in [6.07, 6.45) is 3.82. The highest BCUT2D eigenvalue weighted by atomic mass is 16.5. The third-order valence-electron chi connectivity index (χ3n) is 6.75. The highest BCUT2D eigenvalue weighted by molar-refractivity contribution is 6.07. The van der Waals surface area contributed by atoms with E-state index in [1.165, 1.54) is 4.90 Å². The van der Waals surface area contributed by atoms with Crippen molar-refractivity contribution in [2.24, 2.45) is 0 Å². The molecule has 0 spiro atoms. The third kappa shape index (κ3) is 4.76. The molecule has 0 aromatic heterocycles. The van der Waals surface area contributed by atoms with Gasteiger partial charge in [0.15, 0.2) is 5.60 Å². The van der Waals surface area contributed by atoms with E-state index in [0.29, 0.717) is 17.0 Å². The first-order chi connectivity index (χ1) is 14.9. The Bertz CT molecular complexity index is 898. The minimum absolute atomic E-state index is 0.0706. The first-order valence-electron chi connectivity index (χ1n) is 11.6. The summed E-state index contributed by atoms with van der Waals surface area (Å²) in [5, 5.41) is 3.02. The van der Waals surface area contributed by atoms with Crippen LogP contribution in [0.4, 0.5) is 5.69 Å². The molecule has 1 saturated heterocycles. The van der Waals surface area contributed by atoms with Crippen molar-refractivity contribution in [1.82, 2.24) is 10.2 Å². The van der Waals surface area contributed by atoms with Crippen LogP contribution in [0.1, 0.15) is 84.5 Å². The first kappa shape index (κ1) is 24.1. The molecule has 0 unspecified atom stereocenters. The van der Waals surface area contributed by atoms with Crippen LogP contribution >= 0.6 is 0 Å². The highest BCUT2D eigenvalue weighted by Crippen LogP contribution is 2.39. The van der Waals surface area contributed by atoms with E-state index in [1.807, 2.05) is 25.7 Å². The number of nitrogens with zero attached hydrogens (tertiary/aromatic N) is 2. The topological polar surface area (TPSA) is 79.0 Å². The Hall–Kier alpha value is -2.57. The number of anilines is 1. The number of fused-ring (bicyclic) bond motifs is 1. The van der Waals surface area contributed by atoms with Gasteiger partial charge in [-0.05, 0) is 85.4 Å². The number of hydrogen-bond donors (Lipinski definition) is 1. The van der Waals surface area contributed by atoms with E-state index in [4.69, 9.17) is 4.74 Å². The molecule has 2 atom stereocenters. The molecule has 7 nitrogen and oxygen atoms in total. The average molecular weight is 444 g/mol. The lowest BCUT2D eigenvalue weighted by Crippen LogP contribution is -2.57. The number of likely N-dealkylation sites (tertiary alicyclic amines) is 1. The van der Waals surface area contributed by atoms with Crippen molar-refractivity contribution in [2.45, 2.75) is 97.4 Å². The molecule has 176 valence electrons. The summed E-state index contributed by atoms with van der Waals surface area (Å²) >= 11 is 0. The Morgan fingerprint density at radius 2 is 1.81 bits per heavy atom. The van der Waals surface area contributed by atoms with E-state index >= 15 is 0 Å². The molecule has 1 fully saturated rings. The zero-order valence-electron chi connectivity index (χ0n) is 20.4. The number of carbonyl (C=O) groups excluding carboxylic acids is 3. The highest BCUT2D eigenvalue weighted by Gasteiger charge is 2.43. The number of rotatable bonds is 5. The van der Waals surface area contributed by atoms with Crippen molar-refractivity contribution in [3.05, 3.63) is 23.8 Å². The Balaban J connectivity index is 1.93. The van der Waals surface area contributed by atoms with E-state index < -0.39 is 5.60 Å². The normalized spacial score (nSPS) is 22.8. The van der Waals surface area contributed by atoms with Crippen LogP contribution in [0.25, 0.3) is 0 Å². The fourth-order valence-corrected chi connectivity index (χ4v) is 4.46. The molecule has 3 rings (SSSR count). The van der Waals surface area contributed by atoms with Crippen molar-refractivity contribution >= 4 is 23.4 Å². The van der Waals surface area contributed by atoms with Crippen LogP contribution in [0.15, 0.2) is 18.2 Å². The number of amides is 3. The van der Waals surface area contributed by atoms with Crippen molar-refractivity contribution in [1.29, 1.82) is 0 Å². The third-order valence-corrected chi connectivity index (χ3v) is 6.75. The van der Waals surface area contributed by atoms with Gasteiger partial charge in [-0.15, -0.1) is 0 Å². The second-order valence-corrected chi connectivity index (χ2v) is 10.3. The van der Waals surface area contributed by atoms with Gasteiger partial charge in [0, 0.05) is 23.2 Å². The number of nitrogens with one attached hydrogen (secondary N) is 1. The maximum Gasteiger partial charge on any atom is 0.271 e. The molecule has 0 aliphatic carbocycles. The van der Waals surface area contributed by atoms with Crippen LogP contribution in [0.5, 0.6) is 5.75 Å². The van der Waals surface area contributed by atoms with E-state index in [9.17, 15) is 14.4 Å². The van der Waals surface area contributed by atoms with E-state index in [0.717, 1.165) is 25.7 Å². The number of benzene rings is 1. The van der Waals surface area contributed by atoms with Gasteiger partial charge in [0.05, 0.1) is 5.69 Å². The molecule has 3 amide bonds. The lowest BCUT2D eigenvalue weighted by atomic mass is 9.97. The number of hydrogen-bond acceptors (Lipinski definition) is 4. The molecule has 7 heteroatoms. The second kappa shape index (κ2) is 8.75. The van der Waals surface area contributed by atoms with Crippen LogP contribution < -0.4 is 15.0 Å². The van der Waals surface area contributed by atoms with Gasteiger partial charge in [0.2, 0.25) is 5.91 Å². The van der Waals surface area contributed by atoms with Crippen LogP contribution in [0.2, 0.25) is 0 Å². The standard InChI is InChI=1S/C25H37N3O4/c1-8-24(4,5)26-22(30)18-12-13-20-19(14-18)27(23(31)25(6,7)32-20)15-21(29)28-16(2)10-9-11-17(28)3/h12-14,16-17H,8-11,15H2,1-7H3,(H,26,30)/t16-,17+. The molecule has 1 N–H and O–H groups in total. The summed E-state index contributed by atoms with van der Waals surface area (Å²) < 4.78 is 5.94. The van der Waals surface area contributed by atoms with Gasteiger partial charge >= 0.3 is 0 Å². The average Bonchev–Trinajstić information content (AvgIpc) is 2.70.